The minimum Gasteiger partial charge on any atom is -0.465 e. The molecule has 1 aromatic carbocycles. The predicted octanol–water partition coefficient (Wildman–Crippen LogP) is 3.38. The number of nitrogens with zero attached hydrogens (tertiary/aromatic N) is 1. The smallest absolute Gasteiger partial charge is 0.260 e. The molecule has 1 saturated heterocycles. The van der Waals surface area contributed by atoms with Gasteiger partial charge in [0.1, 0.15) is 11.5 Å². The van der Waals surface area contributed by atoms with Crippen LogP contribution in [0.5, 0.6) is 0 Å². The number of nitrogens with one attached hydrogen (secondary N) is 1. The fourth-order valence-electron chi connectivity index (χ4n) is 2.79. The van der Waals surface area contributed by atoms with Crippen LogP contribution in [0.3, 0.4) is 0 Å². The van der Waals surface area contributed by atoms with Gasteiger partial charge in [0.25, 0.3) is 11.8 Å². The van der Waals surface area contributed by atoms with Gasteiger partial charge in [0.15, 0.2) is 0 Å². The molecule has 0 radical (unpaired) electrons. The molecule has 3 rings (SSSR count). The Bertz CT molecular complexity index is 809. The fourth-order valence-corrected chi connectivity index (χ4v) is 3.33. The lowest BCUT2D eigenvalue weighted by molar-refractivity contribution is 0.0303. The molecule has 132 valence electrons. The van der Waals surface area contributed by atoms with Crippen LogP contribution in [0.4, 0.5) is 5.69 Å². The first-order valence-electron chi connectivity index (χ1n) is 8.01. The van der Waals surface area contributed by atoms with Crippen molar-refractivity contribution < 1.29 is 18.7 Å². The fraction of sp³-hybridized carbons (Fsp3) is 0.333. The first kappa shape index (κ1) is 17.7. The molecular weight excluding hydrogens is 388 g/mol. The first-order valence-corrected chi connectivity index (χ1v) is 8.80. The van der Waals surface area contributed by atoms with E-state index in [1.807, 2.05) is 0 Å². The Balaban J connectivity index is 1.77. The quantitative estimate of drug-likeness (QED) is 0.847. The third-order valence-electron chi connectivity index (χ3n) is 4.08. The molecular formula is C18H19BrN2O4. The SMILES string of the molecule is Cc1oc(C)c(C(=O)Nc2cccc(C(=O)N3CCOCC3)c2)c1Br. The first-order chi connectivity index (χ1) is 12.0. The second-order valence-electron chi connectivity index (χ2n) is 5.84. The number of ether oxygens (including phenoxy) is 1. The second-order valence-corrected chi connectivity index (χ2v) is 6.64. The van der Waals surface area contributed by atoms with Gasteiger partial charge in [-0.25, -0.2) is 0 Å². The Labute approximate surface area is 154 Å². The lowest BCUT2D eigenvalue weighted by Crippen LogP contribution is -2.40. The average molecular weight is 407 g/mol. The lowest BCUT2D eigenvalue weighted by atomic mass is 10.1. The monoisotopic (exact) mass is 406 g/mol. The number of hydrogen-bond acceptors (Lipinski definition) is 4. The number of rotatable bonds is 3. The number of anilines is 1. The zero-order chi connectivity index (χ0) is 18.0. The van der Waals surface area contributed by atoms with Crippen molar-refractivity contribution in [2.45, 2.75) is 13.8 Å². The van der Waals surface area contributed by atoms with Gasteiger partial charge in [-0.3, -0.25) is 9.59 Å². The van der Waals surface area contributed by atoms with E-state index in [9.17, 15) is 9.59 Å². The second kappa shape index (κ2) is 7.41. The Hall–Kier alpha value is -2.12. The standard InChI is InChI=1S/C18H19BrN2O4/c1-11-15(16(19)12(2)25-11)17(22)20-14-5-3-4-13(10-14)18(23)21-6-8-24-9-7-21/h3-5,10H,6-9H2,1-2H3,(H,20,22). The Morgan fingerprint density at radius 3 is 2.52 bits per heavy atom. The minimum absolute atomic E-state index is 0.0593. The van der Waals surface area contributed by atoms with Crippen molar-refractivity contribution in [3.8, 4) is 0 Å². The highest BCUT2D eigenvalue weighted by molar-refractivity contribution is 9.10. The number of benzene rings is 1. The van der Waals surface area contributed by atoms with E-state index in [-0.39, 0.29) is 11.8 Å². The normalized spacial score (nSPS) is 14.4. The van der Waals surface area contributed by atoms with Crippen LogP contribution in [0.15, 0.2) is 33.2 Å². The molecule has 1 aliphatic heterocycles. The molecule has 0 atom stereocenters. The van der Waals surface area contributed by atoms with E-state index in [0.717, 1.165) is 0 Å². The molecule has 2 aromatic rings. The summed E-state index contributed by atoms with van der Waals surface area (Å²) in [4.78, 5) is 26.8. The van der Waals surface area contributed by atoms with Crippen LogP contribution in [-0.4, -0.2) is 43.0 Å². The summed E-state index contributed by atoms with van der Waals surface area (Å²) in [5, 5.41) is 2.83. The number of halogens is 1. The Morgan fingerprint density at radius 1 is 1.16 bits per heavy atom. The van der Waals surface area contributed by atoms with Crippen LogP contribution in [0.1, 0.15) is 32.2 Å². The van der Waals surface area contributed by atoms with Crippen molar-refractivity contribution in [2.75, 3.05) is 31.6 Å². The van der Waals surface area contributed by atoms with Crippen molar-refractivity contribution in [1.82, 2.24) is 4.90 Å². The van der Waals surface area contributed by atoms with Gasteiger partial charge in [-0.2, -0.15) is 0 Å². The van der Waals surface area contributed by atoms with E-state index in [4.69, 9.17) is 9.15 Å². The number of aryl methyl sites for hydroxylation is 2. The number of carbonyl (C=O) groups excluding carboxylic acids is 2. The molecule has 6 nitrogen and oxygen atoms in total. The number of furan rings is 1. The van der Waals surface area contributed by atoms with Crippen molar-refractivity contribution in [3.63, 3.8) is 0 Å². The van der Waals surface area contributed by atoms with E-state index in [2.05, 4.69) is 21.2 Å². The summed E-state index contributed by atoms with van der Waals surface area (Å²) in [5.74, 6) is 0.856. The van der Waals surface area contributed by atoms with Crippen LogP contribution in [0.25, 0.3) is 0 Å². The zero-order valence-electron chi connectivity index (χ0n) is 14.1. The summed E-state index contributed by atoms with van der Waals surface area (Å²) < 4.78 is 11.4. The van der Waals surface area contributed by atoms with Gasteiger partial charge in [-0.15, -0.1) is 0 Å². The van der Waals surface area contributed by atoms with Crippen LogP contribution in [-0.2, 0) is 4.74 Å². The summed E-state index contributed by atoms with van der Waals surface area (Å²) in [5.41, 5.74) is 1.57. The summed E-state index contributed by atoms with van der Waals surface area (Å²) >= 11 is 3.38. The van der Waals surface area contributed by atoms with Crippen molar-refractivity contribution in [3.05, 3.63) is 51.4 Å². The van der Waals surface area contributed by atoms with Gasteiger partial charge in [-0.05, 0) is 48.0 Å². The molecule has 7 heteroatoms. The van der Waals surface area contributed by atoms with Crippen LogP contribution >= 0.6 is 15.9 Å². The Morgan fingerprint density at radius 2 is 1.88 bits per heavy atom. The minimum atomic E-state index is -0.280. The van der Waals surface area contributed by atoms with E-state index in [1.165, 1.54) is 0 Å². The van der Waals surface area contributed by atoms with Crippen LogP contribution < -0.4 is 5.32 Å². The molecule has 1 aliphatic rings. The van der Waals surface area contributed by atoms with Gasteiger partial charge in [0, 0.05) is 24.3 Å². The average Bonchev–Trinajstić information content (AvgIpc) is 2.87. The molecule has 2 heterocycles. The van der Waals surface area contributed by atoms with Crippen molar-refractivity contribution in [2.24, 2.45) is 0 Å². The molecule has 0 spiro atoms. The maximum atomic E-state index is 12.6. The van der Waals surface area contributed by atoms with Crippen LogP contribution in [0.2, 0.25) is 0 Å². The summed E-state index contributed by atoms with van der Waals surface area (Å²) in [6.45, 7) is 5.79. The molecule has 0 unspecified atom stereocenters. The lowest BCUT2D eigenvalue weighted by Gasteiger charge is -2.27. The Kier molecular flexibility index (Phi) is 5.24. The van der Waals surface area contributed by atoms with E-state index in [0.29, 0.717) is 59.1 Å². The third-order valence-corrected chi connectivity index (χ3v) is 5.03. The van der Waals surface area contributed by atoms with E-state index in [1.54, 1.807) is 43.0 Å². The van der Waals surface area contributed by atoms with Gasteiger partial charge in [0.2, 0.25) is 0 Å². The highest BCUT2D eigenvalue weighted by Gasteiger charge is 2.21. The number of hydrogen-bond donors (Lipinski definition) is 1. The molecule has 1 N–H and O–H groups in total. The van der Waals surface area contributed by atoms with E-state index >= 15 is 0 Å². The highest BCUT2D eigenvalue weighted by Crippen LogP contribution is 2.28. The summed E-state index contributed by atoms with van der Waals surface area (Å²) in [6, 6.07) is 6.94. The van der Waals surface area contributed by atoms with Crippen molar-refractivity contribution in [1.29, 1.82) is 0 Å². The summed E-state index contributed by atoms with van der Waals surface area (Å²) in [6.07, 6.45) is 0. The van der Waals surface area contributed by atoms with Crippen molar-refractivity contribution >= 4 is 33.4 Å². The summed E-state index contributed by atoms with van der Waals surface area (Å²) in [7, 11) is 0. The zero-order valence-corrected chi connectivity index (χ0v) is 15.7. The molecule has 1 aromatic heterocycles. The van der Waals surface area contributed by atoms with Gasteiger partial charge in [-0.1, -0.05) is 6.07 Å². The van der Waals surface area contributed by atoms with Crippen LogP contribution in [0, 0.1) is 13.8 Å². The topological polar surface area (TPSA) is 71.8 Å². The highest BCUT2D eigenvalue weighted by atomic mass is 79.9. The molecule has 0 aliphatic carbocycles. The van der Waals surface area contributed by atoms with E-state index < -0.39 is 0 Å². The molecule has 0 saturated carbocycles. The number of morpholine rings is 1. The van der Waals surface area contributed by atoms with Gasteiger partial charge >= 0.3 is 0 Å². The predicted molar refractivity (Wildman–Crippen MR) is 97.0 cm³/mol. The molecule has 25 heavy (non-hydrogen) atoms. The maximum Gasteiger partial charge on any atom is 0.260 e. The molecule has 0 bridgehead atoms. The molecule has 1 fully saturated rings. The van der Waals surface area contributed by atoms with Gasteiger partial charge < -0.3 is 19.4 Å². The third kappa shape index (κ3) is 3.77. The number of carbonyl (C=O) groups is 2. The molecule has 2 amide bonds. The van der Waals surface area contributed by atoms with Gasteiger partial charge in [0.05, 0.1) is 23.2 Å². The maximum absolute atomic E-state index is 12.6. The number of amides is 2. The largest absolute Gasteiger partial charge is 0.465 e.